The number of halogens is 4. The van der Waals surface area contributed by atoms with Crippen LogP contribution in [0.15, 0.2) is 89.3 Å². The fourth-order valence-corrected chi connectivity index (χ4v) is 4.07. The summed E-state index contributed by atoms with van der Waals surface area (Å²) in [6, 6.07) is 12.6. The summed E-state index contributed by atoms with van der Waals surface area (Å²) in [5, 5.41) is 9.27. The van der Waals surface area contributed by atoms with Gasteiger partial charge in [-0.1, -0.05) is 37.8 Å². The Labute approximate surface area is 210 Å². The zero-order chi connectivity index (χ0) is 26.6. The maximum atomic E-state index is 14.1. The second-order valence-corrected chi connectivity index (χ2v) is 8.25. The summed E-state index contributed by atoms with van der Waals surface area (Å²) in [7, 11) is 0. The van der Waals surface area contributed by atoms with E-state index in [9.17, 15) is 22.5 Å². The van der Waals surface area contributed by atoms with Gasteiger partial charge in [0.15, 0.2) is 0 Å². The lowest BCUT2D eigenvalue weighted by Crippen LogP contribution is -2.23. The van der Waals surface area contributed by atoms with Gasteiger partial charge in [0.1, 0.15) is 23.4 Å². The second-order valence-electron chi connectivity index (χ2n) is 8.25. The number of benzene rings is 2. The van der Waals surface area contributed by atoms with Gasteiger partial charge >= 0.3 is 6.18 Å². The Morgan fingerprint density at radius 3 is 2.54 bits per heavy atom. The molecule has 0 bridgehead atoms. The molecular formula is C27H23F4N5O. The zero-order valence-electron chi connectivity index (χ0n) is 19.8. The van der Waals surface area contributed by atoms with Crippen molar-refractivity contribution in [1.82, 2.24) is 10.3 Å². The number of pyridine rings is 1. The van der Waals surface area contributed by atoms with Crippen molar-refractivity contribution in [1.29, 1.82) is 0 Å². The summed E-state index contributed by atoms with van der Waals surface area (Å²) in [5.41, 5.74) is 0.268. The molecule has 1 aliphatic rings. The third kappa shape index (κ3) is 5.42. The van der Waals surface area contributed by atoms with Crippen LogP contribution >= 0.6 is 0 Å². The van der Waals surface area contributed by atoms with Crippen molar-refractivity contribution in [3.8, 4) is 0 Å². The lowest BCUT2D eigenvalue weighted by atomic mass is 9.96. The number of nitrogens with one attached hydrogen (secondary N) is 2. The van der Waals surface area contributed by atoms with E-state index in [1.54, 1.807) is 24.3 Å². The van der Waals surface area contributed by atoms with Crippen molar-refractivity contribution in [3.63, 3.8) is 0 Å². The molecular weight excluding hydrogens is 486 g/mol. The predicted octanol–water partition coefficient (Wildman–Crippen LogP) is 6.95. The van der Waals surface area contributed by atoms with E-state index in [-0.39, 0.29) is 34.1 Å². The van der Waals surface area contributed by atoms with Gasteiger partial charge in [0.2, 0.25) is 0 Å². The van der Waals surface area contributed by atoms with E-state index in [1.165, 1.54) is 36.5 Å². The average Bonchev–Trinajstić information content (AvgIpc) is 3.25. The van der Waals surface area contributed by atoms with Crippen LogP contribution in [0.3, 0.4) is 0 Å². The average molecular weight is 510 g/mol. The molecule has 2 heterocycles. The van der Waals surface area contributed by atoms with Crippen LogP contribution in [-0.4, -0.2) is 17.4 Å². The summed E-state index contributed by atoms with van der Waals surface area (Å²) < 4.78 is 55.6. The molecule has 37 heavy (non-hydrogen) atoms. The van der Waals surface area contributed by atoms with Gasteiger partial charge in [0, 0.05) is 29.7 Å². The van der Waals surface area contributed by atoms with Gasteiger partial charge in [0.05, 0.1) is 16.8 Å². The van der Waals surface area contributed by atoms with E-state index < -0.39 is 23.6 Å². The minimum atomic E-state index is -4.67. The number of nitroso groups, excluding NO2 is 1. The molecule has 2 aromatic carbocycles. The first-order valence-corrected chi connectivity index (χ1v) is 11.5. The minimum Gasteiger partial charge on any atom is -0.385 e. The SMILES string of the molecule is C=C(NC1=NC(c2ccccc2C(F)(F)F)C(N=O)=C1c1ccccn1)c1cc(F)ccc1NCCC. The Hall–Kier alpha value is -4.34. The molecule has 0 amide bonds. The number of hydrogen-bond acceptors (Lipinski definition) is 6. The highest BCUT2D eigenvalue weighted by Crippen LogP contribution is 2.44. The van der Waals surface area contributed by atoms with E-state index >= 15 is 0 Å². The highest BCUT2D eigenvalue weighted by Gasteiger charge is 2.40. The van der Waals surface area contributed by atoms with Gasteiger partial charge in [-0.2, -0.15) is 13.2 Å². The standard InChI is InChI=1S/C27H23F4N5O/c1-3-13-32-21-12-11-17(28)15-19(21)16(2)34-26-23(22-10-6-7-14-33-22)25(36-37)24(35-26)18-8-4-5-9-20(18)27(29,30)31/h4-12,14-15,24,32H,2-3,13H2,1H3,(H,34,35). The zero-order valence-corrected chi connectivity index (χ0v) is 19.8. The molecule has 6 nitrogen and oxygen atoms in total. The summed E-state index contributed by atoms with van der Waals surface area (Å²) in [6.45, 7) is 6.61. The third-order valence-corrected chi connectivity index (χ3v) is 5.73. The van der Waals surface area contributed by atoms with Gasteiger partial charge in [-0.25, -0.2) is 4.39 Å². The molecule has 0 fully saturated rings. The van der Waals surface area contributed by atoms with Crippen LogP contribution in [0.5, 0.6) is 0 Å². The van der Waals surface area contributed by atoms with Gasteiger partial charge in [-0.05, 0) is 53.6 Å². The Bertz CT molecular complexity index is 1380. The molecule has 0 aliphatic carbocycles. The minimum absolute atomic E-state index is 0.0472. The van der Waals surface area contributed by atoms with Crippen molar-refractivity contribution in [2.24, 2.45) is 10.2 Å². The van der Waals surface area contributed by atoms with Crippen molar-refractivity contribution < 1.29 is 17.6 Å². The number of nitrogens with zero attached hydrogens (tertiary/aromatic N) is 3. The number of aromatic nitrogens is 1. The number of rotatable bonds is 8. The molecule has 0 saturated heterocycles. The van der Waals surface area contributed by atoms with E-state index in [4.69, 9.17) is 0 Å². The fourth-order valence-electron chi connectivity index (χ4n) is 4.07. The summed E-state index contributed by atoms with van der Waals surface area (Å²) in [5.74, 6) is -0.452. The first kappa shape index (κ1) is 25.7. The largest absolute Gasteiger partial charge is 0.416 e. The van der Waals surface area contributed by atoms with Gasteiger partial charge in [0.25, 0.3) is 0 Å². The summed E-state index contributed by atoms with van der Waals surface area (Å²) in [4.78, 5) is 20.8. The molecule has 1 unspecified atom stereocenters. The molecule has 2 N–H and O–H groups in total. The van der Waals surface area contributed by atoms with Crippen molar-refractivity contribution >= 4 is 22.8 Å². The monoisotopic (exact) mass is 509 g/mol. The molecule has 0 spiro atoms. The van der Waals surface area contributed by atoms with E-state index in [2.05, 4.69) is 32.4 Å². The van der Waals surface area contributed by atoms with E-state index in [0.29, 0.717) is 17.8 Å². The molecule has 0 saturated carbocycles. The molecule has 10 heteroatoms. The molecule has 1 aromatic heterocycles. The van der Waals surface area contributed by atoms with Gasteiger partial charge in [-0.3, -0.25) is 9.98 Å². The molecule has 1 aliphatic heterocycles. The smallest absolute Gasteiger partial charge is 0.385 e. The van der Waals surface area contributed by atoms with Gasteiger partial charge < -0.3 is 10.6 Å². The Balaban J connectivity index is 1.83. The van der Waals surface area contributed by atoms with Crippen LogP contribution in [0, 0.1) is 10.7 Å². The molecule has 190 valence electrons. The number of aliphatic imine (C=N–C) groups is 1. The van der Waals surface area contributed by atoms with Crippen LogP contribution in [0.25, 0.3) is 11.3 Å². The second kappa shape index (κ2) is 10.7. The van der Waals surface area contributed by atoms with Crippen molar-refractivity contribution in [2.45, 2.75) is 25.6 Å². The van der Waals surface area contributed by atoms with Crippen LogP contribution in [0.1, 0.15) is 41.8 Å². The number of amidine groups is 1. The maximum absolute atomic E-state index is 14.1. The van der Waals surface area contributed by atoms with E-state index in [1.807, 2.05) is 6.92 Å². The highest BCUT2D eigenvalue weighted by atomic mass is 19.4. The number of alkyl halides is 3. The lowest BCUT2D eigenvalue weighted by Gasteiger charge is -2.17. The maximum Gasteiger partial charge on any atom is 0.416 e. The van der Waals surface area contributed by atoms with Gasteiger partial charge in [-0.15, -0.1) is 4.91 Å². The summed E-state index contributed by atoms with van der Waals surface area (Å²) in [6.07, 6.45) is -2.37. The van der Waals surface area contributed by atoms with Crippen LogP contribution < -0.4 is 10.6 Å². The summed E-state index contributed by atoms with van der Waals surface area (Å²) >= 11 is 0. The quantitative estimate of drug-likeness (QED) is 0.254. The Kier molecular flexibility index (Phi) is 7.47. The number of anilines is 1. The normalized spacial score (nSPS) is 15.4. The van der Waals surface area contributed by atoms with E-state index in [0.717, 1.165) is 12.5 Å². The van der Waals surface area contributed by atoms with Crippen LogP contribution in [0.4, 0.5) is 23.2 Å². The highest BCUT2D eigenvalue weighted by molar-refractivity contribution is 6.27. The predicted molar refractivity (Wildman–Crippen MR) is 136 cm³/mol. The Morgan fingerprint density at radius 2 is 1.86 bits per heavy atom. The van der Waals surface area contributed by atoms with Crippen LogP contribution in [0.2, 0.25) is 0 Å². The molecule has 4 rings (SSSR count). The topological polar surface area (TPSA) is 78.7 Å². The third-order valence-electron chi connectivity index (χ3n) is 5.73. The van der Waals surface area contributed by atoms with Crippen molar-refractivity contribution in [3.05, 3.63) is 112 Å². The molecule has 0 radical (unpaired) electrons. The number of hydrogen-bond donors (Lipinski definition) is 2. The first-order chi connectivity index (χ1) is 17.7. The van der Waals surface area contributed by atoms with Crippen LogP contribution in [-0.2, 0) is 6.18 Å². The fraction of sp³-hybridized carbons (Fsp3) is 0.185. The first-order valence-electron chi connectivity index (χ1n) is 11.5. The Morgan fingerprint density at radius 1 is 1.11 bits per heavy atom. The molecule has 3 aromatic rings. The molecule has 1 atom stereocenters. The van der Waals surface area contributed by atoms with Crippen molar-refractivity contribution in [2.75, 3.05) is 11.9 Å². The lowest BCUT2D eigenvalue weighted by molar-refractivity contribution is -0.138.